The van der Waals surface area contributed by atoms with Crippen LogP contribution in [0, 0.1) is 0 Å². The molecule has 0 bridgehead atoms. The van der Waals surface area contributed by atoms with Crippen molar-refractivity contribution in [3.05, 3.63) is 63.6 Å². The first-order valence-electron chi connectivity index (χ1n) is 7.34. The second kappa shape index (κ2) is 8.23. The Balaban J connectivity index is 1.92. The first-order chi connectivity index (χ1) is 11.0. The summed E-state index contributed by atoms with van der Waals surface area (Å²) in [5.74, 6) is 0.733. The Labute approximate surface area is 146 Å². The van der Waals surface area contributed by atoms with Gasteiger partial charge in [0.15, 0.2) is 0 Å². The van der Waals surface area contributed by atoms with Gasteiger partial charge in [0.2, 0.25) is 5.91 Å². The maximum absolute atomic E-state index is 12.2. The molecule has 0 saturated carbocycles. The van der Waals surface area contributed by atoms with E-state index in [0.717, 1.165) is 23.3 Å². The van der Waals surface area contributed by atoms with Gasteiger partial charge in [0, 0.05) is 16.1 Å². The van der Waals surface area contributed by atoms with Crippen LogP contribution in [0.5, 0.6) is 5.75 Å². The maximum Gasteiger partial charge on any atom is 0.224 e. The van der Waals surface area contributed by atoms with Gasteiger partial charge in [-0.3, -0.25) is 4.79 Å². The van der Waals surface area contributed by atoms with E-state index in [1.165, 1.54) is 0 Å². The molecular formula is C18H19Cl2NO2. The zero-order valence-electron chi connectivity index (χ0n) is 13.1. The lowest BCUT2D eigenvalue weighted by atomic mass is 10.1. The summed E-state index contributed by atoms with van der Waals surface area (Å²) in [5, 5.41) is 4.10. The molecule has 0 saturated heterocycles. The number of methoxy groups -OCH3 is 1. The van der Waals surface area contributed by atoms with Gasteiger partial charge in [0.25, 0.3) is 0 Å². The van der Waals surface area contributed by atoms with Gasteiger partial charge in [-0.25, -0.2) is 0 Å². The number of hydrogen-bond acceptors (Lipinski definition) is 2. The molecule has 1 unspecified atom stereocenters. The van der Waals surface area contributed by atoms with E-state index in [4.69, 9.17) is 27.9 Å². The van der Waals surface area contributed by atoms with E-state index in [2.05, 4.69) is 5.32 Å². The largest absolute Gasteiger partial charge is 0.497 e. The Hall–Kier alpha value is -1.71. The lowest BCUT2D eigenvalue weighted by Gasteiger charge is -2.15. The molecular weight excluding hydrogens is 333 g/mol. The van der Waals surface area contributed by atoms with Crippen LogP contribution >= 0.6 is 23.2 Å². The Morgan fingerprint density at radius 3 is 2.74 bits per heavy atom. The number of amides is 1. The zero-order chi connectivity index (χ0) is 16.8. The average molecular weight is 352 g/mol. The van der Waals surface area contributed by atoms with Gasteiger partial charge in [-0.15, -0.1) is 0 Å². The van der Waals surface area contributed by atoms with Gasteiger partial charge in [-0.2, -0.15) is 0 Å². The molecule has 23 heavy (non-hydrogen) atoms. The van der Waals surface area contributed by atoms with Crippen LogP contribution in [0.2, 0.25) is 10.0 Å². The van der Waals surface area contributed by atoms with Crippen molar-refractivity contribution in [1.82, 2.24) is 5.32 Å². The molecule has 0 radical (unpaired) electrons. The zero-order valence-corrected chi connectivity index (χ0v) is 14.6. The van der Waals surface area contributed by atoms with Crippen LogP contribution in [0.4, 0.5) is 0 Å². The smallest absolute Gasteiger partial charge is 0.224 e. The highest BCUT2D eigenvalue weighted by Crippen LogP contribution is 2.21. The molecule has 1 N–H and O–H groups in total. The highest BCUT2D eigenvalue weighted by Gasteiger charge is 2.11. The lowest BCUT2D eigenvalue weighted by molar-refractivity contribution is -0.121. The number of rotatable bonds is 6. The molecule has 0 aliphatic heterocycles. The second-order valence-corrected chi connectivity index (χ2v) is 6.28. The van der Waals surface area contributed by atoms with E-state index in [9.17, 15) is 4.79 Å². The molecule has 5 heteroatoms. The fourth-order valence-corrected chi connectivity index (χ4v) is 2.76. The summed E-state index contributed by atoms with van der Waals surface area (Å²) in [4.78, 5) is 12.2. The predicted molar refractivity (Wildman–Crippen MR) is 94.5 cm³/mol. The van der Waals surface area contributed by atoms with Crippen molar-refractivity contribution < 1.29 is 9.53 Å². The van der Waals surface area contributed by atoms with Crippen LogP contribution < -0.4 is 10.1 Å². The van der Waals surface area contributed by atoms with Gasteiger partial charge < -0.3 is 10.1 Å². The predicted octanol–water partition coefficient (Wildman–Crippen LogP) is 4.29. The van der Waals surface area contributed by atoms with E-state index in [1.807, 2.05) is 31.2 Å². The van der Waals surface area contributed by atoms with Crippen molar-refractivity contribution in [3.8, 4) is 5.75 Å². The van der Waals surface area contributed by atoms with Crippen molar-refractivity contribution >= 4 is 29.1 Å². The normalized spacial score (nSPS) is 11.8. The summed E-state index contributed by atoms with van der Waals surface area (Å²) in [6.45, 7) is 1.97. The Morgan fingerprint density at radius 2 is 2.00 bits per heavy atom. The van der Waals surface area contributed by atoms with Gasteiger partial charge in [0.1, 0.15) is 5.75 Å². The average Bonchev–Trinajstić information content (AvgIpc) is 2.50. The monoisotopic (exact) mass is 351 g/mol. The minimum absolute atomic E-state index is 0.00701. The number of hydrogen-bond donors (Lipinski definition) is 1. The molecule has 0 aliphatic carbocycles. The van der Waals surface area contributed by atoms with E-state index >= 15 is 0 Å². The number of halogens is 2. The van der Waals surface area contributed by atoms with Crippen LogP contribution in [0.1, 0.15) is 18.1 Å². The van der Waals surface area contributed by atoms with Gasteiger partial charge in [-0.05, 0) is 54.8 Å². The van der Waals surface area contributed by atoms with Crippen molar-refractivity contribution in [2.75, 3.05) is 7.11 Å². The summed E-state index contributed by atoms with van der Waals surface area (Å²) >= 11 is 12.0. The summed E-state index contributed by atoms with van der Waals surface area (Å²) in [5.41, 5.74) is 1.84. The first kappa shape index (κ1) is 17.6. The molecule has 0 aliphatic rings. The quantitative estimate of drug-likeness (QED) is 0.842. The van der Waals surface area contributed by atoms with Crippen molar-refractivity contribution in [2.24, 2.45) is 0 Å². The fourth-order valence-electron chi connectivity index (χ4n) is 2.38. The number of carbonyl (C=O) groups excluding carboxylic acids is 1. The van der Waals surface area contributed by atoms with Gasteiger partial charge in [-0.1, -0.05) is 35.3 Å². The minimum Gasteiger partial charge on any atom is -0.497 e. The molecule has 3 nitrogen and oxygen atoms in total. The maximum atomic E-state index is 12.2. The van der Waals surface area contributed by atoms with E-state index in [1.54, 1.807) is 25.3 Å². The van der Waals surface area contributed by atoms with Crippen LogP contribution in [-0.2, 0) is 17.6 Å². The molecule has 1 amide bonds. The second-order valence-electron chi connectivity index (χ2n) is 5.44. The third-order valence-electron chi connectivity index (χ3n) is 3.44. The molecule has 2 rings (SSSR count). The van der Waals surface area contributed by atoms with Crippen LogP contribution in [0.3, 0.4) is 0 Å². The summed E-state index contributed by atoms with van der Waals surface area (Å²) < 4.78 is 5.21. The third kappa shape index (κ3) is 5.45. The van der Waals surface area contributed by atoms with Crippen molar-refractivity contribution in [1.29, 1.82) is 0 Å². The highest BCUT2D eigenvalue weighted by atomic mass is 35.5. The standard InChI is InChI=1S/C18H19Cl2NO2/c1-12(8-13-4-3-5-16(9-13)23-2)21-18(22)11-14-10-15(19)6-7-17(14)20/h3-7,9-10,12H,8,11H2,1-2H3,(H,21,22). The molecule has 1 atom stereocenters. The lowest BCUT2D eigenvalue weighted by Crippen LogP contribution is -2.35. The van der Waals surface area contributed by atoms with Crippen LogP contribution in [-0.4, -0.2) is 19.1 Å². The van der Waals surface area contributed by atoms with Crippen molar-refractivity contribution in [2.45, 2.75) is 25.8 Å². The number of carbonyl (C=O) groups is 1. The number of ether oxygens (including phenoxy) is 1. The Bertz CT molecular complexity index is 688. The summed E-state index contributed by atoms with van der Waals surface area (Å²) in [6, 6.07) is 12.9. The van der Waals surface area contributed by atoms with Crippen LogP contribution in [0.15, 0.2) is 42.5 Å². The molecule has 2 aromatic rings. The molecule has 0 spiro atoms. The SMILES string of the molecule is COc1cccc(CC(C)NC(=O)Cc2cc(Cl)ccc2Cl)c1. The van der Waals surface area contributed by atoms with E-state index in [0.29, 0.717) is 10.0 Å². The third-order valence-corrected chi connectivity index (χ3v) is 4.05. The number of nitrogens with one attached hydrogen (secondary N) is 1. The van der Waals surface area contributed by atoms with Gasteiger partial charge >= 0.3 is 0 Å². The summed E-state index contributed by atoms with van der Waals surface area (Å²) in [7, 11) is 1.64. The fraction of sp³-hybridized carbons (Fsp3) is 0.278. The minimum atomic E-state index is -0.0791. The Morgan fingerprint density at radius 1 is 1.22 bits per heavy atom. The highest BCUT2D eigenvalue weighted by molar-refractivity contribution is 6.33. The molecule has 2 aromatic carbocycles. The molecule has 0 aromatic heterocycles. The van der Waals surface area contributed by atoms with Crippen molar-refractivity contribution in [3.63, 3.8) is 0 Å². The molecule has 0 fully saturated rings. The van der Waals surface area contributed by atoms with Gasteiger partial charge in [0.05, 0.1) is 13.5 Å². The molecule has 0 heterocycles. The van der Waals surface area contributed by atoms with E-state index < -0.39 is 0 Å². The van der Waals surface area contributed by atoms with E-state index in [-0.39, 0.29) is 18.4 Å². The first-order valence-corrected chi connectivity index (χ1v) is 8.09. The van der Waals surface area contributed by atoms with Crippen LogP contribution in [0.25, 0.3) is 0 Å². The number of benzene rings is 2. The molecule has 122 valence electrons. The topological polar surface area (TPSA) is 38.3 Å². The summed E-state index contributed by atoms with van der Waals surface area (Å²) in [6.07, 6.45) is 0.939. The Kier molecular flexibility index (Phi) is 6.31.